The third kappa shape index (κ3) is 4.36. The molecule has 2 aromatic carbocycles. The summed E-state index contributed by atoms with van der Waals surface area (Å²) in [6.45, 7) is 3.82. The molecule has 0 saturated carbocycles. The van der Waals surface area contributed by atoms with Gasteiger partial charge < -0.3 is 10.1 Å². The molecule has 0 aromatic heterocycles. The maximum Gasteiger partial charge on any atom is 0.261 e. The predicted octanol–water partition coefficient (Wildman–Crippen LogP) is 2.41. The highest BCUT2D eigenvalue weighted by molar-refractivity contribution is 7.92. The zero-order valence-electron chi connectivity index (χ0n) is 13.2. The molecule has 1 amide bonds. The number of hydrogen-bond donors (Lipinski definition) is 2. The number of anilines is 1. The van der Waals surface area contributed by atoms with E-state index in [1.54, 1.807) is 36.4 Å². The molecule has 126 valence electrons. The molecule has 0 aliphatic rings. The molecule has 24 heavy (non-hydrogen) atoms. The lowest BCUT2D eigenvalue weighted by molar-refractivity contribution is 0.0958. The Kier molecular flexibility index (Phi) is 5.59. The van der Waals surface area contributed by atoms with Crippen molar-refractivity contribution >= 4 is 21.6 Å². The molecule has 0 aliphatic carbocycles. The summed E-state index contributed by atoms with van der Waals surface area (Å²) in [5, 5.41) is 2.60. The first-order valence-corrected chi connectivity index (χ1v) is 8.60. The summed E-state index contributed by atoms with van der Waals surface area (Å²) in [5.74, 6) is 0.259. The minimum atomic E-state index is -3.80. The van der Waals surface area contributed by atoms with Gasteiger partial charge in [-0.3, -0.25) is 9.52 Å². The van der Waals surface area contributed by atoms with E-state index >= 15 is 0 Å². The van der Waals surface area contributed by atoms with E-state index < -0.39 is 10.0 Å². The number of ether oxygens (including phenoxy) is 1. The van der Waals surface area contributed by atoms with Gasteiger partial charge in [0.1, 0.15) is 5.75 Å². The van der Waals surface area contributed by atoms with Crippen LogP contribution in [0.15, 0.2) is 66.1 Å². The normalized spacial score (nSPS) is 10.7. The lowest BCUT2D eigenvalue weighted by Gasteiger charge is -2.10. The topological polar surface area (TPSA) is 84.5 Å². The van der Waals surface area contributed by atoms with E-state index in [4.69, 9.17) is 4.74 Å². The van der Waals surface area contributed by atoms with Crippen LogP contribution < -0.4 is 14.8 Å². The first-order chi connectivity index (χ1) is 11.5. The van der Waals surface area contributed by atoms with Crippen LogP contribution >= 0.6 is 0 Å². The molecule has 0 heterocycles. The van der Waals surface area contributed by atoms with Crippen LogP contribution in [-0.2, 0) is 10.0 Å². The maximum absolute atomic E-state index is 12.5. The molecule has 0 fully saturated rings. The van der Waals surface area contributed by atoms with Crippen molar-refractivity contribution in [1.82, 2.24) is 5.32 Å². The van der Waals surface area contributed by atoms with Gasteiger partial charge in [-0.2, -0.15) is 0 Å². The number of amides is 1. The summed E-state index contributed by atoms with van der Waals surface area (Å²) < 4.78 is 32.4. The molecular formula is C17H18N2O4S. The standard InChI is InChI=1S/C17H18N2O4S/c1-3-11-18-17(20)13-5-4-6-16(12-13)24(21,22)19-14-7-9-15(23-2)10-8-14/h3-10,12,19H,1,11H2,2H3,(H,18,20). The van der Waals surface area contributed by atoms with E-state index in [1.165, 1.54) is 25.3 Å². The third-order valence-corrected chi connectivity index (χ3v) is 4.53. The van der Waals surface area contributed by atoms with Crippen molar-refractivity contribution in [2.45, 2.75) is 4.90 Å². The summed E-state index contributed by atoms with van der Waals surface area (Å²) in [6, 6.07) is 12.3. The van der Waals surface area contributed by atoms with Gasteiger partial charge in [-0.1, -0.05) is 12.1 Å². The minimum absolute atomic E-state index is 0.00423. The first-order valence-electron chi connectivity index (χ1n) is 7.12. The highest BCUT2D eigenvalue weighted by Crippen LogP contribution is 2.20. The van der Waals surface area contributed by atoms with Gasteiger partial charge in [-0.05, 0) is 42.5 Å². The van der Waals surface area contributed by atoms with Crippen molar-refractivity contribution in [3.8, 4) is 5.75 Å². The van der Waals surface area contributed by atoms with Crippen LogP contribution in [0.3, 0.4) is 0 Å². The Bertz CT molecular complexity index is 830. The van der Waals surface area contributed by atoms with Crippen LogP contribution in [0.1, 0.15) is 10.4 Å². The van der Waals surface area contributed by atoms with Crippen LogP contribution in [0.4, 0.5) is 5.69 Å². The van der Waals surface area contributed by atoms with Crippen molar-refractivity contribution in [3.63, 3.8) is 0 Å². The van der Waals surface area contributed by atoms with Crippen molar-refractivity contribution < 1.29 is 17.9 Å². The molecule has 0 aliphatic heterocycles. The second-order valence-electron chi connectivity index (χ2n) is 4.86. The smallest absolute Gasteiger partial charge is 0.261 e. The highest BCUT2D eigenvalue weighted by Gasteiger charge is 2.16. The fourth-order valence-electron chi connectivity index (χ4n) is 1.94. The van der Waals surface area contributed by atoms with Crippen molar-refractivity contribution in [1.29, 1.82) is 0 Å². The fourth-order valence-corrected chi connectivity index (χ4v) is 3.05. The van der Waals surface area contributed by atoms with E-state index in [0.29, 0.717) is 18.0 Å². The number of carbonyl (C=O) groups excluding carboxylic acids is 1. The first kappa shape index (κ1) is 17.6. The van der Waals surface area contributed by atoms with Gasteiger partial charge in [0.2, 0.25) is 0 Å². The Labute approximate surface area is 141 Å². The molecule has 7 heteroatoms. The van der Waals surface area contributed by atoms with Gasteiger partial charge in [0.15, 0.2) is 0 Å². The molecule has 2 N–H and O–H groups in total. The minimum Gasteiger partial charge on any atom is -0.497 e. The van der Waals surface area contributed by atoms with Gasteiger partial charge in [0.25, 0.3) is 15.9 Å². The van der Waals surface area contributed by atoms with Crippen LogP contribution in [0, 0.1) is 0 Å². The zero-order chi connectivity index (χ0) is 17.6. The van der Waals surface area contributed by atoms with Gasteiger partial charge in [0.05, 0.1) is 12.0 Å². The lowest BCUT2D eigenvalue weighted by atomic mass is 10.2. The molecule has 2 aromatic rings. The summed E-state index contributed by atoms with van der Waals surface area (Å²) >= 11 is 0. The fraction of sp³-hybridized carbons (Fsp3) is 0.118. The van der Waals surface area contributed by atoms with Crippen molar-refractivity contribution in [3.05, 3.63) is 66.7 Å². The number of hydrogen-bond acceptors (Lipinski definition) is 4. The van der Waals surface area contributed by atoms with E-state index in [2.05, 4.69) is 16.6 Å². The molecule has 0 unspecified atom stereocenters. The zero-order valence-corrected chi connectivity index (χ0v) is 14.0. The number of sulfonamides is 1. The second-order valence-corrected chi connectivity index (χ2v) is 6.54. The second kappa shape index (κ2) is 7.65. The van der Waals surface area contributed by atoms with Crippen LogP contribution in [0.25, 0.3) is 0 Å². The maximum atomic E-state index is 12.5. The van der Waals surface area contributed by atoms with Gasteiger partial charge in [0, 0.05) is 17.8 Å². The average molecular weight is 346 g/mol. The summed E-state index contributed by atoms with van der Waals surface area (Å²) in [5.41, 5.74) is 0.659. The quantitative estimate of drug-likeness (QED) is 0.754. The number of nitrogens with one attached hydrogen (secondary N) is 2. The number of rotatable bonds is 7. The third-order valence-electron chi connectivity index (χ3n) is 3.16. The Hall–Kier alpha value is -2.80. The monoisotopic (exact) mass is 346 g/mol. The predicted molar refractivity (Wildman–Crippen MR) is 92.8 cm³/mol. The Morgan fingerprint density at radius 1 is 1.21 bits per heavy atom. The molecule has 0 saturated heterocycles. The van der Waals surface area contributed by atoms with Crippen LogP contribution in [0.5, 0.6) is 5.75 Å². The Morgan fingerprint density at radius 3 is 2.54 bits per heavy atom. The molecule has 0 bridgehead atoms. The van der Waals surface area contributed by atoms with Crippen molar-refractivity contribution in [2.75, 3.05) is 18.4 Å². The number of benzene rings is 2. The van der Waals surface area contributed by atoms with E-state index in [-0.39, 0.29) is 16.4 Å². The molecule has 0 spiro atoms. The largest absolute Gasteiger partial charge is 0.497 e. The number of methoxy groups -OCH3 is 1. The van der Waals surface area contributed by atoms with Gasteiger partial charge >= 0.3 is 0 Å². The molecule has 0 radical (unpaired) electrons. The van der Waals surface area contributed by atoms with E-state index in [0.717, 1.165) is 0 Å². The Balaban J connectivity index is 2.22. The molecule has 6 nitrogen and oxygen atoms in total. The van der Waals surface area contributed by atoms with Gasteiger partial charge in [-0.25, -0.2) is 8.42 Å². The molecular weight excluding hydrogens is 328 g/mol. The highest BCUT2D eigenvalue weighted by atomic mass is 32.2. The summed E-state index contributed by atoms with van der Waals surface area (Å²) in [6.07, 6.45) is 1.55. The molecule has 0 atom stereocenters. The SMILES string of the molecule is C=CCNC(=O)c1cccc(S(=O)(=O)Nc2ccc(OC)cc2)c1. The van der Waals surface area contributed by atoms with Gasteiger partial charge in [-0.15, -0.1) is 6.58 Å². The summed E-state index contributed by atoms with van der Waals surface area (Å²) in [7, 11) is -2.27. The van der Waals surface area contributed by atoms with Crippen molar-refractivity contribution in [2.24, 2.45) is 0 Å². The lowest BCUT2D eigenvalue weighted by Crippen LogP contribution is -2.23. The van der Waals surface area contributed by atoms with Crippen LogP contribution in [0.2, 0.25) is 0 Å². The van der Waals surface area contributed by atoms with E-state index in [9.17, 15) is 13.2 Å². The average Bonchev–Trinajstić information content (AvgIpc) is 2.60. The molecule has 2 rings (SSSR count). The van der Waals surface area contributed by atoms with Crippen LogP contribution in [-0.4, -0.2) is 28.0 Å². The number of carbonyl (C=O) groups is 1. The van der Waals surface area contributed by atoms with E-state index in [1.807, 2.05) is 0 Å². The summed E-state index contributed by atoms with van der Waals surface area (Å²) in [4.78, 5) is 11.9. The Morgan fingerprint density at radius 2 is 1.92 bits per heavy atom.